The number of hydrogen-bond donors (Lipinski definition) is 0. The summed E-state index contributed by atoms with van der Waals surface area (Å²) in [6.07, 6.45) is 0. The van der Waals surface area contributed by atoms with Gasteiger partial charge in [-0.15, -0.1) is 0 Å². The normalized spacial score (nSPS) is 18.2. The van der Waals surface area contributed by atoms with Crippen molar-refractivity contribution in [2.24, 2.45) is 0 Å². The minimum Gasteiger partial charge on any atom is -0.374 e. The molecule has 0 aromatic heterocycles. The lowest BCUT2D eigenvalue weighted by Gasteiger charge is -2.28. The van der Waals surface area contributed by atoms with Crippen LogP contribution in [0.1, 0.15) is 20.8 Å². The van der Waals surface area contributed by atoms with Crippen LogP contribution in [0.5, 0.6) is 0 Å². The number of rotatable bonds is 8. The van der Waals surface area contributed by atoms with Gasteiger partial charge in [-0.1, -0.05) is 0 Å². The van der Waals surface area contributed by atoms with Gasteiger partial charge >= 0.3 is 18.6 Å². The average Bonchev–Trinajstić information content (AvgIpc) is 2.71. The molecule has 0 aliphatic carbocycles. The summed E-state index contributed by atoms with van der Waals surface area (Å²) in [5, 5.41) is 0. The molecule has 1 fully saturated rings. The topological polar surface area (TPSA) is 55.4 Å². The molecule has 0 saturated carbocycles. The lowest BCUT2D eigenvalue weighted by Crippen LogP contribution is -2.53. The maximum absolute atomic E-state index is 5.69. The zero-order valence-corrected chi connectivity index (χ0v) is 12.2. The molecule has 0 amide bonds. The zero-order chi connectivity index (χ0) is 11.9. The van der Waals surface area contributed by atoms with Crippen molar-refractivity contribution in [3.05, 3.63) is 0 Å². The molecule has 16 heavy (non-hydrogen) atoms. The van der Waals surface area contributed by atoms with E-state index < -0.39 is 18.6 Å². The van der Waals surface area contributed by atoms with Crippen molar-refractivity contribution in [2.75, 3.05) is 33.0 Å². The molecule has 0 aromatic rings. The van der Waals surface area contributed by atoms with Gasteiger partial charge in [0, 0.05) is 19.8 Å². The highest BCUT2D eigenvalue weighted by Crippen LogP contribution is 2.16. The molecule has 0 N–H and O–H groups in total. The first-order chi connectivity index (χ1) is 7.76. The van der Waals surface area contributed by atoms with Crippen LogP contribution in [-0.4, -0.2) is 51.6 Å². The van der Waals surface area contributed by atoms with Gasteiger partial charge in [-0.25, -0.2) is 0 Å². The van der Waals surface area contributed by atoms with E-state index in [1.165, 1.54) is 0 Å². The molecule has 0 atom stereocenters. The Morgan fingerprint density at radius 2 is 1.38 bits per heavy atom. The van der Waals surface area contributed by atoms with Gasteiger partial charge < -0.3 is 26.2 Å². The van der Waals surface area contributed by atoms with Crippen LogP contribution in [0.4, 0.5) is 0 Å². The van der Waals surface area contributed by atoms with Crippen LogP contribution in [0.2, 0.25) is 0 Å². The van der Waals surface area contributed by atoms with Crippen molar-refractivity contribution in [1.29, 1.82) is 0 Å². The van der Waals surface area contributed by atoms with E-state index in [4.69, 9.17) is 26.2 Å². The minimum atomic E-state index is -3.05. The van der Waals surface area contributed by atoms with E-state index in [0.29, 0.717) is 33.0 Å². The predicted octanol–water partition coefficient (Wildman–Crippen LogP) is 0.312. The van der Waals surface area contributed by atoms with Gasteiger partial charge in [0.05, 0.1) is 13.2 Å². The quantitative estimate of drug-likeness (QED) is 0.591. The second kappa shape index (κ2) is 7.51. The lowest BCUT2D eigenvalue weighted by atomic mass is 10.8. The van der Waals surface area contributed by atoms with E-state index in [1.54, 1.807) is 0 Å². The Balaban J connectivity index is 2.56. The second-order valence-corrected chi connectivity index (χ2v) is 7.00. The van der Waals surface area contributed by atoms with Crippen LogP contribution in [0.3, 0.4) is 0 Å². The van der Waals surface area contributed by atoms with E-state index in [0.717, 1.165) is 0 Å². The van der Waals surface area contributed by atoms with Gasteiger partial charge in [-0.2, -0.15) is 0 Å². The van der Waals surface area contributed by atoms with Crippen LogP contribution in [0.25, 0.3) is 0 Å². The third-order valence-corrected chi connectivity index (χ3v) is 6.66. The van der Waals surface area contributed by atoms with E-state index in [2.05, 4.69) is 0 Å². The predicted molar refractivity (Wildman–Crippen MR) is 60.8 cm³/mol. The third-order valence-electron chi connectivity index (χ3n) is 1.80. The maximum Gasteiger partial charge on any atom is 0.672 e. The van der Waals surface area contributed by atoms with Crippen molar-refractivity contribution >= 4 is 18.6 Å². The van der Waals surface area contributed by atoms with Crippen LogP contribution < -0.4 is 0 Å². The molecule has 0 aromatic carbocycles. The highest BCUT2D eigenvalue weighted by atomic mass is 28.5. The van der Waals surface area contributed by atoms with Gasteiger partial charge in [0.25, 0.3) is 0 Å². The molecule has 96 valence electrons. The summed E-state index contributed by atoms with van der Waals surface area (Å²) in [6.45, 7) is 8.22. The molecule has 1 heterocycles. The summed E-state index contributed by atoms with van der Waals surface area (Å²) in [4.78, 5) is 0. The van der Waals surface area contributed by atoms with Crippen molar-refractivity contribution in [3.8, 4) is 0 Å². The molecule has 1 saturated heterocycles. The molecule has 0 spiro atoms. The summed E-state index contributed by atoms with van der Waals surface area (Å²) in [6, 6.07) is 0. The van der Waals surface area contributed by atoms with Crippen molar-refractivity contribution in [1.82, 2.24) is 0 Å². The van der Waals surface area contributed by atoms with Gasteiger partial charge in [-0.05, 0) is 20.8 Å². The summed E-state index contributed by atoms with van der Waals surface area (Å²) < 4.78 is 32.9. The zero-order valence-electron chi connectivity index (χ0n) is 10.1. The molecule has 0 bridgehead atoms. The average molecular weight is 268 g/mol. The molecule has 8 heteroatoms. The Bertz CT molecular complexity index is 170. The van der Waals surface area contributed by atoms with Gasteiger partial charge in [0.2, 0.25) is 0 Å². The largest absolute Gasteiger partial charge is 0.672 e. The molecule has 6 nitrogen and oxygen atoms in total. The van der Waals surface area contributed by atoms with Gasteiger partial charge in [0.1, 0.15) is 0 Å². The summed E-state index contributed by atoms with van der Waals surface area (Å²) in [5.41, 5.74) is 0. The Labute approximate surface area is 99.2 Å². The van der Waals surface area contributed by atoms with Crippen molar-refractivity contribution in [3.63, 3.8) is 0 Å². The molecule has 0 unspecified atom stereocenters. The Morgan fingerprint density at radius 3 is 1.75 bits per heavy atom. The monoisotopic (exact) mass is 268 g/mol. The highest BCUT2D eigenvalue weighted by molar-refractivity contribution is 6.62. The fraction of sp³-hybridized carbons (Fsp3) is 1.00. The van der Waals surface area contributed by atoms with Crippen LogP contribution in [0, 0.1) is 0 Å². The highest BCUT2D eigenvalue weighted by Gasteiger charge is 2.49. The molecular formula is C8H20O6Si2. The summed E-state index contributed by atoms with van der Waals surface area (Å²) in [7, 11) is -5.16. The number of hydrogen-bond acceptors (Lipinski definition) is 6. The molecule has 1 aliphatic rings. The Hall–Kier alpha value is 0.194. The van der Waals surface area contributed by atoms with Crippen molar-refractivity contribution in [2.45, 2.75) is 20.8 Å². The molecular weight excluding hydrogens is 248 g/mol. The first-order valence-electron chi connectivity index (χ1n) is 5.59. The van der Waals surface area contributed by atoms with Crippen LogP contribution in [-0.2, 0) is 26.2 Å². The Morgan fingerprint density at radius 1 is 0.938 bits per heavy atom. The van der Waals surface area contributed by atoms with E-state index >= 15 is 0 Å². The molecule has 0 radical (unpaired) electrons. The fourth-order valence-corrected chi connectivity index (χ4v) is 5.57. The second-order valence-electron chi connectivity index (χ2n) is 2.95. The molecule has 1 rings (SSSR count). The standard InChI is InChI=1S/C8H20O6Si2/c1-4-11-16(12-5-2,13-6-3)14-15-9-7-8-10-15/h15H,4-8H2,1-3H3. The first-order valence-corrected chi connectivity index (χ1v) is 8.64. The van der Waals surface area contributed by atoms with E-state index in [-0.39, 0.29) is 0 Å². The van der Waals surface area contributed by atoms with Crippen LogP contribution >= 0.6 is 0 Å². The molecule has 1 aliphatic heterocycles. The summed E-state index contributed by atoms with van der Waals surface area (Å²) in [5.74, 6) is 0. The lowest BCUT2D eigenvalue weighted by molar-refractivity contribution is -0.00382. The SMILES string of the molecule is CCO[Si](OCC)(OCC)O[SiH]1OCCO1. The minimum absolute atomic E-state index is 0.480. The smallest absolute Gasteiger partial charge is 0.374 e. The fourth-order valence-electron chi connectivity index (χ4n) is 1.28. The maximum atomic E-state index is 5.69. The first kappa shape index (κ1) is 14.3. The summed E-state index contributed by atoms with van der Waals surface area (Å²) >= 11 is 0. The van der Waals surface area contributed by atoms with Gasteiger partial charge in [0.15, 0.2) is 0 Å². The van der Waals surface area contributed by atoms with Crippen LogP contribution in [0.15, 0.2) is 0 Å². The van der Waals surface area contributed by atoms with Crippen molar-refractivity contribution < 1.29 is 26.2 Å². The Kier molecular flexibility index (Phi) is 6.69. The van der Waals surface area contributed by atoms with Gasteiger partial charge in [-0.3, -0.25) is 0 Å². The van der Waals surface area contributed by atoms with E-state index in [9.17, 15) is 0 Å². The third kappa shape index (κ3) is 4.22. The van der Waals surface area contributed by atoms with E-state index in [1.807, 2.05) is 20.8 Å².